The zero-order chi connectivity index (χ0) is 14.0. The van der Waals surface area contributed by atoms with E-state index in [4.69, 9.17) is 11.6 Å². The van der Waals surface area contributed by atoms with Crippen LogP contribution >= 0.6 is 27.5 Å². The molecule has 6 heteroatoms. The SMILES string of the molecule is Cc1ccc(CNCc2nn(C)c(Cl)c2Br)nc1C. The van der Waals surface area contributed by atoms with Crippen molar-refractivity contribution in [3.05, 3.63) is 44.4 Å². The fourth-order valence-electron chi connectivity index (χ4n) is 1.73. The van der Waals surface area contributed by atoms with Crippen LogP contribution in [0.3, 0.4) is 0 Å². The first kappa shape index (κ1) is 14.5. The van der Waals surface area contributed by atoms with Gasteiger partial charge in [-0.05, 0) is 41.4 Å². The summed E-state index contributed by atoms with van der Waals surface area (Å²) in [6.45, 7) is 5.44. The predicted molar refractivity (Wildman–Crippen MR) is 80.2 cm³/mol. The molecule has 4 nitrogen and oxygen atoms in total. The van der Waals surface area contributed by atoms with Crippen LogP contribution < -0.4 is 5.32 Å². The van der Waals surface area contributed by atoms with Gasteiger partial charge in [0.15, 0.2) is 0 Å². The Labute approximate surface area is 126 Å². The van der Waals surface area contributed by atoms with Crippen LogP contribution in [0.4, 0.5) is 0 Å². The molecule has 0 atom stereocenters. The summed E-state index contributed by atoms with van der Waals surface area (Å²) in [6.07, 6.45) is 0. The summed E-state index contributed by atoms with van der Waals surface area (Å²) in [5, 5.41) is 8.26. The van der Waals surface area contributed by atoms with E-state index in [-0.39, 0.29) is 0 Å². The van der Waals surface area contributed by atoms with E-state index in [0.29, 0.717) is 18.2 Å². The van der Waals surface area contributed by atoms with Crippen LogP contribution in [0.5, 0.6) is 0 Å². The number of halogens is 2. The Kier molecular flexibility index (Phi) is 4.60. The second-order valence-electron chi connectivity index (χ2n) is 4.48. The van der Waals surface area contributed by atoms with E-state index in [1.165, 1.54) is 5.56 Å². The van der Waals surface area contributed by atoms with Crippen molar-refractivity contribution in [2.75, 3.05) is 0 Å². The standard InChI is InChI=1S/C13H16BrClN4/c1-8-4-5-10(17-9(8)2)6-16-7-11-12(14)13(15)19(3)18-11/h4-5,16H,6-7H2,1-3H3. The minimum atomic E-state index is 0.612. The summed E-state index contributed by atoms with van der Waals surface area (Å²) in [7, 11) is 1.82. The van der Waals surface area contributed by atoms with E-state index >= 15 is 0 Å². The highest BCUT2D eigenvalue weighted by atomic mass is 79.9. The van der Waals surface area contributed by atoms with Gasteiger partial charge in [-0.2, -0.15) is 5.10 Å². The Balaban J connectivity index is 1.96. The fraction of sp³-hybridized carbons (Fsp3) is 0.385. The third kappa shape index (κ3) is 3.35. The molecule has 1 N–H and O–H groups in total. The summed E-state index contributed by atoms with van der Waals surface area (Å²) in [6, 6.07) is 4.13. The third-order valence-corrected chi connectivity index (χ3v) is 4.49. The molecule has 0 aliphatic rings. The van der Waals surface area contributed by atoms with Crippen molar-refractivity contribution in [1.29, 1.82) is 0 Å². The van der Waals surface area contributed by atoms with Crippen LogP contribution in [0.15, 0.2) is 16.6 Å². The lowest BCUT2D eigenvalue weighted by atomic mass is 10.2. The molecule has 2 rings (SSSR count). The Morgan fingerprint density at radius 2 is 2.05 bits per heavy atom. The molecule has 0 radical (unpaired) electrons. The summed E-state index contributed by atoms with van der Waals surface area (Å²) in [5.74, 6) is 0. The van der Waals surface area contributed by atoms with Gasteiger partial charge in [-0.3, -0.25) is 9.67 Å². The van der Waals surface area contributed by atoms with Crippen LogP contribution in [0.1, 0.15) is 22.6 Å². The molecule has 0 aromatic carbocycles. The van der Waals surface area contributed by atoms with Gasteiger partial charge >= 0.3 is 0 Å². The second kappa shape index (κ2) is 6.03. The van der Waals surface area contributed by atoms with E-state index < -0.39 is 0 Å². The fourth-order valence-corrected chi connectivity index (χ4v) is 2.36. The van der Waals surface area contributed by atoms with E-state index in [1.807, 2.05) is 20.0 Å². The van der Waals surface area contributed by atoms with Gasteiger partial charge in [-0.25, -0.2) is 0 Å². The Morgan fingerprint density at radius 1 is 1.32 bits per heavy atom. The molecule has 2 aromatic heterocycles. The minimum absolute atomic E-state index is 0.612. The number of hydrogen-bond acceptors (Lipinski definition) is 3. The van der Waals surface area contributed by atoms with Gasteiger partial charge in [-0.15, -0.1) is 0 Å². The number of aromatic nitrogens is 3. The quantitative estimate of drug-likeness (QED) is 0.927. The van der Waals surface area contributed by atoms with Crippen LogP contribution in [-0.4, -0.2) is 14.8 Å². The molecule has 0 unspecified atom stereocenters. The molecule has 0 saturated carbocycles. The summed E-state index contributed by atoms with van der Waals surface area (Å²) in [5.41, 5.74) is 4.21. The number of aryl methyl sites for hydroxylation is 3. The highest BCUT2D eigenvalue weighted by Crippen LogP contribution is 2.25. The normalized spacial score (nSPS) is 11.0. The molecule has 0 aliphatic heterocycles. The van der Waals surface area contributed by atoms with Gasteiger partial charge in [-0.1, -0.05) is 17.7 Å². The molecule has 2 aromatic rings. The molecule has 0 amide bonds. The molecule has 19 heavy (non-hydrogen) atoms. The molecule has 0 spiro atoms. The number of rotatable bonds is 4. The lowest BCUT2D eigenvalue weighted by Crippen LogP contribution is -2.15. The first-order valence-electron chi connectivity index (χ1n) is 5.99. The minimum Gasteiger partial charge on any atom is -0.305 e. The summed E-state index contributed by atoms with van der Waals surface area (Å²) >= 11 is 9.48. The maximum Gasteiger partial charge on any atom is 0.141 e. The molecule has 0 saturated heterocycles. The average Bonchev–Trinajstić information content (AvgIpc) is 2.62. The van der Waals surface area contributed by atoms with Crippen molar-refractivity contribution >= 4 is 27.5 Å². The van der Waals surface area contributed by atoms with Crippen molar-refractivity contribution in [3.8, 4) is 0 Å². The Hall–Kier alpha value is -0.910. The van der Waals surface area contributed by atoms with Gasteiger partial charge in [0.25, 0.3) is 0 Å². The van der Waals surface area contributed by atoms with Crippen LogP contribution in [0.25, 0.3) is 0 Å². The lowest BCUT2D eigenvalue weighted by Gasteiger charge is -2.05. The summed E-state index contributed by atoms with van der Waals surface area (Å²) < 4.78 is 2.49. The largest absolute Gasteiger partial charge is 0.305 e. The van der Waals surface area contributed by atoms with Crippen molar-refractivity contribution in [3.63, 3.8) is 0 Å². The van der Waals surface area contributed by atoms with Crippen molar-refractivity contribution in [2.45, 2.75) is 26.9 Å². The molecular formula is C13H16BrClN4. The molecular weight excluding hydrogens is 328 g/mol. The first-order valence-corrected chi connectivity index (χ1v) is 7.17. The average molecular weight is 344 g/mol. The van der Waals surface area contributed by atoms with Crippen molar-refractivity contribution < 1.29 is 0 Å². The maximum atomic E-state index is 6.05. The van der Waals surface area contributed by atoms with Crippen molar-refractivity contribution in [2.24, 2.45) is 7.05 Å². The van der Waals surface area contributed by atoms with Crippen LogP contribution in [0, 0.1) is 13.8 Å². The number of nitrogens with zero attached hydrogens (tertiary/aromatic N) is 3. The highest BCUT2D eigenvalue weighted by molar-refractivity contribution is 9.10. The smallest absolute Gasteiger partial charge is 0.141 e. The first-order chi connectivity index (χ1) is 8.99. The topological polar surface area (TPSA) is 42.7 Å². The molecule has 102 valence electrons. The molecule has 2 heterocycles. The Bertz CT molecular complexity index is 595. The maximum absolute atomic E-state index is 6.05. The number of hydrogen-bond donors (Lipinski definition) is 1. The van der Waals surface area contributed by atoms with Crippen molar-refractivity contribution in [1.82, 2.24) is 20.1 Å². The number of nitrogens with one attached hydrogen (secondary N) is 1. The van der Waals surface area contributed by atoms with Gasteiger partial charge in [0.2, 0.25) is 0 Å². The Morgan fingerprint density at radius 3 is 2.63 bits per heavy atom. The third-order valence-electron chi connectivity index (χ3n) is 3.00. The second-order valence-corrected chi connectivity index (χ2v) is 5.63. The zero-order valence-electron chi connectivity index (χ0n) is 11.2. The van der Waals surface area contributed by atoms with Crippen LogP contribution in [-0.2, 0) is 20.1 Å². The summed E-state index contributed by atoms with van der Waals surface area (Å²) in [4.78, 5) is 4.52. The van der Waals surface area contributed by atoms with E-state index in [2.05, 4.69) is 44.3 Å². The van der Waals surface area contributed by atoms with E-state index in [1.54, 1.807) is 4.68 Å². The lowest BCUT2D eigenvalue weighted by molar-refractivity contribution is 0.645. The van der Waals surface area contributed by atoms with Gasteiger partial charge in [0.1, 0.15) is 5.15 Å². The van der Waals surface area contributed by atoms with E-state index in [0.717, 1.165) is 21.6 Å². The van der Waals surface area contributed by atoms with Gasteiger partial charge < -0.3 is 5.32 Å². The molecule has 0 fully saturated rings. The van der Waals surface area contributed by atoms with Crippen LogP contribution in [0.2, 0.25) is 5.15 Å². The predicted octanol–water partition coefficient (Wildman–Crippen LogP) is 3.14. The van der Waals surface area contributed by atoms with Gasteiger partial charge in [0.05, 0.1) is 15.9 Å². The van der Waals surface area contributed by atoms with E-state index in [9.17, 15) is 0 Å². The molecule has 0 aliphatic carbocycles. The zero-order valence-corrected chi connectivity index (χ0v) is 13.5. The molecule has 0 bridgehead atoms. The van der Waals surface area contributed by atoms with Gasteiger partial charge in [0, 0.05) is 25.8 Å². The number of pyridine rings is 1. The highest BCUT2D eigenvalue weighted by Gasteiger charge is 2.11. The monoisotopic (exact) mass is 342 g/mol.